The number of ketones is 1. The second-order valence-corrected chi connectivity index (χ2v) is 26.0. The molecule has 3 aromatic carbocycles. The molecule has 14 atom stereocenters. The molecule has 9 rings (SSSR count). The minimum Gasteiger partial charge on any atom is -0.456 e. The van der Waals surface area contributed by atoms with Gasteiger partial charge in [-0.05, 0) is 60.9 Å². The third kappa shape index (κ3) is 13.4. The minimum atomic E-state index is -3.96. The lowest BCUT2D eigenvalue weighted by atomic mass is 9.44. The Morgan fingerprint density at radius 2 is 1.45 bits per heavy atom. The van der Waals surface area contributed by atoms with Gasteiger partial charge in [-0.1, -0.05) is 102 Å². The van der Waals surface area contributed by atoms with Crippen molar-refractivity contribution in [3.8, 4) is 0 Å². The number of carbonyl (C=O) groups excluding carboxylic acids is 8. The number of aliphatic hydroxyl groups is 4. The molecule has 6 N–H and O–H groups in total. The van der Waals surface area contributed by atoms with E-state index < -0.39 is 168 Å². The normalized spacial score (nSPS) is 29.0. The molecule has 3 aliphatic carbocycles. The molecule has 2 saturated carbocycles. The van der Waals surface area contributed by atoms with Crippen molar-refractivity contribution in [2.75, 3.05) is 43.3 Å². The van der Waals surface area contributed by atoms with Gasteiger partial charge in [0.1, 0.15) is 55.2 Å². The molecule has 494 valence electrons. The number of hydrogen-bond donors (Lipinski definition) is 6. The number of nitrogens with zero attached hydrogens (tertiary/aromatic N) is 2. The first-order valence-electron chi connectivity index (χ1n) is 29.0. The van der Waals surface area contributed by atoms with Crippen LogP contribution in [0.25, 0.3) is 0 Å². The first kappa shape index (κ1) is 68.5. The summed E-state index contributed by atoms with van der Waals surface area (Å²) >= 11 is 0. The molecule has 1 aromatic heterocycles. The molecule has 0 spiro atoms. The molecule has 4 fully saturated rings. The number of aromatic nitrogens is 2. The van der Waals surface area contributed by atoms with Crippen molar-refractivity contribution in [2.45, 2.75) is 133 Å². The Bertz CT molecular complexity index is 3530. The van der Waals surface area contributed by atoms with Gasteiger partial charge < -0.3 is 68.4 Å². The van der Waals surface area contributed by atoms with Crippen LogP contribution in [0.1, 0.15) is 92.9 Å². The smallest absolute Gasteiger partial charge is 0.456 e. The second kappa shape index (κ2) is 27.8. The number of nitrogens with one attached hydrogen (secondary N) is 2. The Morgan fingerprint density at radius 1 is 0.826 bits per heavy atom. The summed E-state index contributed by atoms with van der Waals surface area (Å²) in [7, 11) is 2.35. The van der Waals surface area contributed by atoms with Gasteiger partial charge in [0.25, 0.3) is 5.91 Å². The first-order chi connectivity index (χ1) is 43.6. The molecule has 30 heteroatoms. The molecule has 2 amide bonds. The third-order valence-corrected chi connectivity index (χ3v) is 19.8. The van der Waals surface area contributed by atoms with Gasteiger partial charge in [-0.15, -0.1) is 0 Å². The highest BCUT2D eigenvalue weighted by molar-refractivity contribution is 8.76. The van der Waals surface area contributed by atoms with E-state index in [4.69, 9.17) is 42.6 Å². The number of carbonyl (C=O) groups is 8. The predicted octanol–water partition coefficient (Wildman–Crippen LogP) is 4.97. The van der Waals surface area contributed by atoms with Gasteiger partial charge in [0.05, 0.1) is 36.2 Å². The number of esters is 4. The van der Waals surface area contributed by atoms with Crippen molar-refractivity contribution in [3.05, 3.63) is 142 Å². The SMILES string of the molecule is CC(=O)O[C@H]1C(=O)[C@]2(C)[C@@H](OC(=O)OCCSSCCOC(=O)Nc3ccn(C4OC(CO)C(O)C4(F)F)c(=O)n3)C[C@H]3OC[C@@]3(OC(C)=O)[C@H]2C(OC(=O)c2ccccc2)[C@]2(O)CC(OC(=O)[C@H](O)[C@@H](NC(=O)c3ccccc3)c3ccccc3)C(C)=C1C2(C)C. The third-order valence-electron chi connectivity index (χ3n) is 17.4. The lowest BCUT2D eigenvalue weighted by Crippen LogP contribution is -2.82. The Hall–Kier alpha value is -7.84. The van der Waals surface area contributed by atoms with Gasteiger partial charge >= 0.3 is 47.7 Å². The highest BCUT2D eigenvalue weighted by atomic mass is 33.1. The highest BCUT2D eigenvalue weighted by Crippen LogP contribution is 2.65. The Morgan fingerprint density at radius 3 is 2.02 bits per heavy atom. The fourth-order valence-electron chi connectivity index (χ4n) is 12.8. The van der Waals surface area contributed by atoms with Crippen molar-refractivity contribution in [1.29, 1.82) is 0 Å². The summed E-state index contributed by atoms with van der Waals surface area (Å²) in [6.07, 6.45) is -19.6. The van der Waals surface area contributed by atoms with Crippen LogP contribution in [0.4, 0.5) is 24.2 Å². The van der Waals surface area contributed by atoms with E-state index >= 15 is 4.79 Å². The quantitative estimate of drug-likeness (QED) is 0.0211. The lowest BCUT2D eigenvalue weighted by Gasteiger charge is -2.67. The van der Waals surface area contributed by atoms with E-state index in [9.17, 15) is 67.6 Å². The number of Topliss-reactive ketones (excluding diaryl/α,β-unsaturated/α-hetero) is 1. The van der Waals surface area contributed by atoms with Gasteiger partial charge in [-0.3, -0.25) is 29.1 Å². The molecular formula is C62H68F2N4O22S2. The molecule has 2 bridgehead atoms. The number of anilines is 1. The Kier molecular flexibility index (Phi) is 20.7. The van der Waals surface area contributed by atoms with E-state index in [2.05, 4.69) is 15.6 Å². The van der Waals surface area contributed by atoms with Crippen LogP contribution < -0.4 is 16.3 Å². The molecule has 4 aromatic rings. The van der Waals surface area contributed by atoms with Gasteiger partial charge in [0.2, 0.25) is 6.23 Å². The Labute approximate surface area is 532 Å². The van der Waals surface area contributed by atoms with Crippen LogP contribution in [0, 0.1) is 16.7 Å². The summed E-state index contributed by atoms with van der Waals surface area (Å²) in [5.41, 5.74) is -9.54. The van der Waals surface area contributed by atoms with Crippen molar-refractivity contribution in [3.63, 3.8) is 0 Å². The van der Waals surface area contributed by atoms with E-state index in [1.54, 1.807) is 66.7 Å². The lowest BCUT2D eigenvalue weighted by molar-refractivity contribution is -0.346. The van der Waals surface area contributed by atoms with Crippen LogP contribution in [0.5, 0.6) is 0 Å². The molecule has 0 radical (unpaired) electrons. The molecular weight excluding hydrogens is 1250 g/mol. The minimum absolute atomic E-state index is 0.0309. The van der Waals surface area contributed by atoms with Crippen LogP contribution >= 0.6 is 21.6 Å². The molecule has 5 unspecified atom stereocenters. The number of fused-ring (bicyclic) bond motifs is 5. The molecule has 92 heavy (non-hydrogen) atoms. The number of alkyl halides is 2. The van der Waals surface area contributed by atoms with E-state index in [-0.39, 0.29) is 59.2 Å². The van der Waals surface area contributed by atoms with Crippen molar-refractivity contribution >= 4 is 75.2 Å². The van der Waals surface area contributed by atoms with Crippen molar-refractivity contribution in [1.82, 2.24) is 14.9 Å². The highest BCUT2D eigenvalue weighted by Gasteiger charge is 2.79. The molecule has 2 saturated heterocycles. The summed E-state index contributed by atoms with van der Waals surface area (Å²) < 4.78 is 82.3. The molecule has 5 aliphatic rings. The van der Waals surface area contributed by atoms with Gasteiger partial charge in [-0.2, -0.15) is 13.8 Å². The van der Waals surface area contributed by atoms with Gasteiger partial charge in [0.15, 0.2) is 29.7 Å². The number of halogens is 2. The topological polar surface area (TPSA) is 360 Å². The maximum Gasteiger partial charge on any atom is 0.508 e. The first-order valence-corrected chi connectivity index (χ1v) is 31.5. The van der Waals surface area contributed by atoms with Crippen LogP contribution in [0.15, 0.2) is 119 Å². The van der Waals surface area contributed by atoms with E-state index in [1.807, 2.05) is 0 Å². The number of ether oxygens (including phenoxy) is 9. The zero-order chi connectivity index (χ0) is 66.7. The summed E-state index contributed by atoms with van der Waals surface area (Å²) in [5.74, 6) is -11.7. The van der Waals surface area contributed by atoms with Gasteiger partial charge in [-0.25, -0.2) is 24.0 Å². The van der Waals surface area contributed by atoms with Crippen LogP contribution in [-0.2, 0) is 61.8 Å². The predicted molar refractivity (Wildman–Crippen MR) is 318 cm³/mol. The number of rotatable bonds is 21. The van der Waals surface area contributed by atoms with Crippen molar-refractivity contribution in [2.24, 2.45) is 16.7 Å². The maximum atomic E-state index is 16.3. The van der Waals surface area contributed by atoms with E-state index in [0.717, 1.165) is 26.1 Å². The van der Waals surface area contributed by atoms with Crippen LogP contribution in [0.2, 0.25) is 0 Å². The van der Waals surface area contributed by atoms with Crippen LogP contribution in [-0.4, -0.2) is 182 Å². The zero-order valence-corrected chi connectivity index (χ0v) is 52.1. The fraction of sp³-hybridized carbons (Fsp3) is 0.484. The summed E-state index contributed by atoms with van der Waals surface area (Å²) in [6, 6.07) is 23.2. The Balaban J connectivity index is 0.957. The second-order valence-electron chi connectivity index (χ2n) is 23.3. The van der Waals surface area contributed by atoms with Crippen LogP contribution in [0.3, 0.4) is 0 Å². The molecule has 26 nitrogen and oxygen atoms in total. The summed E-state index contributed by atoms with van der Waals surface area (Å²) in [4.78, 5) is 129. The molecule has 3 heterocycles. The monoisotopic (exact) mass is 1320 g/mol. The van der Waals surface area contributed by atoms with E-state index in [1.165, 1.54) is 73.5 Å². The average molecular weight is 1320 g/mol. The molecule has 2 aliphatic heterocycles. The average Bonchev–Trinajstić information content (AvgIpc) is 0.748. The van der Waals surface area contributed by atoms with Crippen molar-refractivity contribution < 1.29 is 110 Å². The zero-order valence-electron chi connectivity index (χ0n) is 50.4. The number of benzene rings is 3. The number of hydrogen-bond acceptors (Lipinski definition) is 25. The standard InChI is InChI=1S/C62H68F2N4O22S2/c1-32-38(86-53(77)45(72)44(35-16-10-7-11-17-35)67-51(75)36-18-12-8-13-19-36)29-61(81)50(89-52(76)37-20-14-9-15-21-37)47-59(6,49(74)46(85-33(2)70)43(32)58(61,4)5)40(28-41-60(47,31-84-41)90-34(3)71)88-57(80)83-25-27-92-91-26-24-82-56(79)66-42-22-23-68(55(78)65-42)54-62(63,64)48(73)39(30-69)87-54/h7-23,38-41,44-48,50,54,69,72-73,81H,24-31H2,1-6H3,(H,67,75)(H,65,66,78,79)/t38?,39?,40-,41+,44-,45+,46+,47-,48?,50?,54?,59+,60-,61+/m0/s1. The van der Waals surface area contributed by atoms with Gasteiger partial charge in [0, 0.05) is 55.4 Å². The summed E-state index contributed by atoms with van der Waals surface area (Å²) in [6.45, 7) is 6.00. The summed E-state index contributed by atoms with van der Waals surface area (Å²) in [5, 5.41) is 50.1. The van der Waals surface area contributed by atoms with E-state index in [0.29, 0.717) is 10.1 Å². The number of aliphatic hydroxyl groups excluding tert-OH is 3. The number of amides is 2. The maximum absolute atomic E-state index is 16.3. The largest absolute Gasteiger partial charge is 0.508 e. The fourth-order valence-corrected chi connectivity index (χ4v) is 14.5.